The molecule has 0 saturated heterocycles. The van der Waals surface area contributed by atoms with E-state index in [2.05, 4.69) is 0 Å². The molecule has 0 aromatic rings. The van der Waals surface area contributed by atoms with Gasteiger partial charge in [0.2, 0.25) is 0 Å². The lowest BCUT2D eigenvalue weighted by molar-refractivity contribution is -0.0937. The highest BCUT2D eigenvalue weighted by Crippen LogP contribution is 1.78. The summed E-state index contributed by atoms with van der Waals surface area (Å²) in [5.74, 6) is 0. The predicted molar refractivity (Wildman–Crippen MR) is 20.4 cm³/mol. The van der Waals surface area contributed by atoms with E-state index in [-0.39, 0.29) is 13.0 Å². The Morgan fingerprint density at radius 1 is 1.83 bits per heavy atom. The highest BCUT2D eigenvalue weighted by molar-refractivity contribution is 4.35. The van der Waals surface area contributed by atoms with Crippen LogP contribution in [0.15, 0.2) is 0 Å². The van der Waals surface area contributed by atoms with E-state index in [1.54, 1.807) is 0 Å². The maximum absolute atomic E-state index is 9.60. The zero-order valence-electron chi connectivity index (χ0n) is 3.42. The van der Waals surface area contributed by atoms with Gasteiger partial charge >= 0.3 is 0 Å². The molecule has 0 rings (SSSR count). The minimum Gasteiger partial charge on any atom is -0.366 e. The second kappa shape index (κ2) is 3.08. The maximum atomic E-state index is 9.60. The molecule has 0 amide bonds. The van der Waals surface area contributed by atoms with Gasteiger partial charge in [-0.05, 0) is 6.54 Å². The molecule has 3 heteroatoms. The third-order valence-electron chi connectivity index (χ3n) is 0.414. The molecule has 1 unspecified atom stereocenters. The van der Waals surface area contributed by atoms with Crippen LogP contribution in [0.5, 0.6) is 0 Å². The largest absolute Gasteiger partial charge is 0.366 e. The van der Waals surface area contributed by atoms with Crippen LogP contribution in [0.2, 0.25) is 0 Å². The molecular weight excluding hydrogens is 82.0 g/mol. The Kier molecular flexibility index (Phi) is 3.02. The summed E-state index contributed by atoms with van der Waals surface area (Å²) >= 11 is 0. The first-order chi connectivity index (χ1) is 2.77. The summed E-state index contributed by atoms with van der Waals surface area (Å²) in [7, 11) is 0. The molecule has 0 heterocycles. The van der Waals surface area contributed by atoms with E-state index in [9.17, 15) is 5.11 Å². The number of rotatable bonds is 2. The van der Waals surface area contributed by atoms with Crippen molar-refractivity contribution in [3.63, 3.8) is 0 Å². The topological polar surface area (TPSA) is 66.2 Å². The van der Waals surface area contributed by atoms with Crippen molar-refractivity contribution in [3.8, 4) is 0 Å². The lowest BCUT2D eigenvalue weighted by Crippen LogP contribution is -2.09. The molecular formula is C3H8NO2. The Labute approximate surface area is 36.4 Å². The monoisotopic (exact) mass is 90.1 g/mol. The molecule has 3 N–H and O–H groups in total. The van der Waals surface area contributed by atoms with Crippen LogP contribution in [0.1, 0.15) is 6.42 Å². The standard InChI is InChI=1S/C3H8NO2/c4-2-1-3(5)6/h3,5H,1-2,4H2. The van der Waals surface area contributed by atoms with Crippen LogP contribution in [0.3, 0.4) is 0 Å². The van der Waals surface area contributed by atoms with Crippen molar-refractivity contribution in [2.75, 3.05) is 6.54 Å². The minimum atomic E-state index is -1.48. The summed E-state index contributed by atoms with van der Waals surface area (Å²) < 4.78 is 0. The van der Waals surface area contributed by atoms with Crippen molar-refractivity contribution in [2.45, 2.75) is 12.7 Å². The Morgan fingerprint density at radius 3 is 2.33 bits per heavy atom. The van der Waals surface area contributed by atoms with Crippen molar-refractivity contribution in [2.24, 2.45) is 5.73 Å². The van der Waals surface area contributed by atoms with E-state index in [1.807, 2.05) is 0 Å². The van der Waals surface area contributed by atoms with E-state index < -0.39 is 6.29 Å². The third-order valence-corrected chi connectivity index (χ3v) is 0.414. The van der Waals surface area contributed by atoms with Gasteiger partial charge in [-0.25, -0.2) is 5.11 Å². The molecule has 0 saturated carbocycles. The van der Waals surface area contributed by atoms with E-state index >= 15 is 0 Å². The zero-order chi connectivity index (χ0) is 4.99. The van der Waals surface area contributed by atoms with Gasteiger partial charge in [-0.1, -0.05) is 0 Å². The molecule has 0 bridgehead atoms. The highest BCUT2D eigenvalue weighted by Gasteiger charge is 1.92. The van der Waals surface area contributed by atoms with Gasteiger partial charge in [0, 0.05) is 6.42 Å². The second-order valence-electron chi connectivity index (χ2n) is 1.03. The van der Waals surface area contributed by atoms with Gasteiger partial charge in [-0.3, -0.25) is 0 Å². The van der Waals surface area contributed by atoms with E-state index in [0.29, 0.717) is 0 Å². The van der Waals surface area contributed by atoms with Crippen molar-refractivity contribution < 1.29 is 10.2 Å². The summed E-state index contributed by atoms with van der Waals surface area (Å²) in [6, 6.07) is 0. The van der Waals surface area contributed by atoms with Crippen LogP contribution in [0.25, 0.3) is 0 Å². The lowest BCUT2D eigenvalue weighted by Gasteiger charge is -1.91. The quantitative estimate of drug-likeness (QED) is 0.431. The van der Waals surface area contributed by atoms with Crippen LogP contribution in [-0.2, 0) is 5.11 Å². The first kappa shape index (κ1) is 5.88. The first-order valence-electron chi connectivity index (χ1n) is 1.81. The molecule has 0 fully saturated rings. The van der Waals surface area contributed by atoms with Gasteiger partial charge in [0.1, 0.15) is 0 Å². The van der Waals surface area contributed by atoms with Gasteiger partial charge in [-0.15, -0.1) is 0 Å². The SMILES string of the molecule is NCCC([O])O. The lowest BCUT2D eigenvalue weighted by atomic mass is 10.4. The zero-order valence-corrected chi connectivity index (χ0v) is 3.42. The summed E-state index contributed by atoms with van der Waals surface area (Å²) in [5, 5.41) is 17.5. The van der Waals surface area contributed by atoms with Gasteiger partial charge < -0.3 is 10.8 Å². The van der Waals surface area contributed by atoms with Crippen LogP contribution >= 0.6 is 0 Å². The summed E-state index contributed by atoms with van der Waals surface area (Å²) in [5.41, 5.74) is 4.87. The summed E-state index contributed by atoms with van der Waals surface area (Å²) in [6.45, 7) is 0.269. The van der Waals surface area contributed by atoms with Crippen LogP contribution in [0, 0.1) is 0 Å². The number of aliphatic hydroxyl groups is 1. The molecule has 1 atom stereocenters. The predicted octanol–water partition coefficient (Wildman–Crippen LogP) is -0.916. The van der Waals surface area contributed by atoms with Crippen molar-refractivity contribution in [3.05, 3.63) is 0 Å². The van der Waals surface area contributed by atoms with Crippen LogP contribution in [0.4, 0.5) is 0 Å². The molecule has 0 aromatic heterocycles. The maximum Gasteiger partial charge on any atom is 0.190 e. The Hall–Kier alpha value is -0.120. The molecule has 0 aliphatic carbocycles. The molecule has 0 aromatic carbocycles. The van der Waals surface area contributed by atoms with Crippen molar-refractivity contribution in [1.82, 2.24) is 0 Å². The van der Waals surface area contributed by atoms with Crippen molar-refractivity contribution in [1.29, 1.82) is 0 Å². The molecule has 0 aliphatic rings. The summed E-state index contributed by atoms with van der Waals surface area (Å²) in [6.07, 6.45) is -1.32. The number of nitrogens with two attached hydrogens (primary N) is 1. The molecule has 6 heavy (non-hydrogen) atoms. The number of hydrogen-bond donors (Lipinski definition) is 2. The second-order valence-corrected chi connectivity index (χ2v) is 1.03. The van der Waals surface area contributed by atoms with E-state index in [4.69, 9.17) is 10.8 Å². The first-order valence-corrected chi connectivity index (χ1v) is 1.81. The molecule has 3 nitrogen and oxygen atoms in total. The Bertz CT molecular complexity index is 30.0. The van der Waals surface area contributed by atoms with Crippen LogP contribution in [-0.4, -0.2) is 17.9 Å². The van der Waals surface area contributed by atoms with Crippen LogP contribution < -0.4 is 5.73 Å². The number of hydrogen-bond acceptors (Lipinski definition) is 2. The fourth-order valence-corrected chi connectivity index (χ4v) is 0.143. The minimum absolute atomic E-state index is 0.153. The van der Waals surface area contributed by atoms with Gasteiger partial charge in [0.25, 0.3) is 0 Å². The van der Waals surface area contributed by atoms with Gasteiger partial charge in [0.15, 0.2) is 6.29 Å². The van der Waals surface area contributed by atoms with E-state index in [0.717, 1.165) is 0 Å². The van der Waals surface area contributed by atoms with Crippen molar-refractivity contribution >= 4 is 0 Å². The highest BCUT2D eigenvalue weighted by atomic mass is 16.5. The molecule has 1 radical (unpaired) electrons. The average Bonchev–Trinajstić information content (AvgIpc) is 1.35. The average molecular weight is 90.1 g/mol. The van der Waals surface area contributed by atoms with Gasteiger partial charge in [0.05, 0.1) is 0 Å². The smallest absolute Gasteiger partial charge is 0.190 e. The number of aliphatic hydroxyl groups excluding tert-OH is 1. The Balaban J connectivity index is 2.63. The van der Waals surface area contributed by atoms with E-state index in [1.165, 1.54) is 0 Å². The fourth-order valence-electron chi connectivity index (χ4n) is 0.143. The fraction of sp³-hybridized carbons (Fsp3) is 1.00. The molecule has 37 valence electrons. The molecule has 0 aliphatic heterocycles. The van der Waals surface area contributed by atoms with Gasteiger partial charge in [-0.2, -0.15) is 0 Å². The Morgan fingerprint density at radius 2 is 2.33 bits per heavy atom. The molecule has 0 spiro atoms. The summed E-state index contributed by atoms with van der Waals surface area (Å²) in [4.78, 5) is 0. The normalized spacial score (nSPS) is 10.0. The third kappa shape index (κ3) is 3.88.